The number of nitrogens with two attached hydrogens (primary N) is 1. The summed E-state index contributed by atoms with van der Waals surface area (Å²) in [5.41, 5.74) is 8.91. The average Bonchev–Trinajstić information content (AvgIpc) is 3.37. The molecule has 1 aliphatic heterocycles. The number of allylic oxidation sites excluding steroid dienone is 3. The number of aromatic nitrogens is 1. The van der Waals surface area contributed by atoms with Gasteiger partial charge in [0.1, 0.15) is 6.17 Å². The Bertz CT molecular complexity index is 1140. The molecule has 2 aromatic rings. The minimum atomic E-state index is -0.298. The Labute approximate surface area is 197 Å². The van der Waals surface area contributed by atoms with E-state index in [1.165, 1.54) is 12.4 Å². The first-order chi connectivity index (χ1) is 16.0. The molecule has 1 fully saturated rings. The first-order valence-electron chi connectivity index (χ1n) is 10.7. The third-order valence-corrected chi connectivity index (χ3v) is 6.23. The Hall–Kier alpha value is -3.38. The van der Waals surface area contributed by atoms with Crippen LogP contribution in [0.1, 0.15) is 22.3 Å². The number of carbonyl (C=O) groups is 1. The molecule has 1 aromatic heterocycles. The van der Waals surface area contributed by atoms with Crippen molar-refractivity contribution in [1.29, 1.82) is 5.26 Å². The number of aliphatic hydroxyl groups excluding tert-OH is 1. The van der Waals surface area contributed by atoms with E-state index < -0.39 is 0 Å². The van der Waals surface area contributed by atoms with E-state index in [4.69, 9.17) is 17.3 Å². The molecule has 170 valence electrons. The Morgan fingerprint density at radius 1 is 1.36 bits per heavy atom. The summed E-state index contributed by atoms with van der Waals surface area (Å²) in [4.78, 5) is 20.9. The van der Waals surface area contributed by atoms with Gasteiger partial charge in [-0.3, -0.25) is 14.7 Å². The van der Waals surface area contributed by atoms with Crippen molar-refractivity contribution in [3.63, 3.8) is 0 Å². The minimum absolute atomic E-state index is 0.121. The van der Waals surface area contributed by atoms with E-state index in [9.17, 15) is 15.2 Å². The molecular formula is C24H25ClN6O2. The van der Waals surface area contributed by atoms with E-state index in [0.29, 0.717) is 47.2 Å². The van der Waals surface area contributed by atoms with Crippen molar-refractivity contribution in [3.05, 3.63) is 76.6 Å². The van der Waals surface area contributed by atoms with Gasteiger partial charge in [0.05, 0.1) is 46.2 Å². The fourth-order valence-corrected chi connectivity index (χ4v) is 4.39. The summed E-state index contributed by atoms with van der Waals surface area (Å²) in [6.07, 6.45) is 9.62. The predicted molar refractivity (Wildman–Crippen MR) is 128 cm³/mol. The number of benzene rings is 1. The number of carbonyl (C=O) groups excluding carboxylic acids is 1. The van der Waals surface area contributed by atoms with Crippen LogP contribution in [-0.4, -0.2) is 64.2 Å². The topological polar surface area (TPSA) is 119 Å². The number of nitrogen functional groups attached to an aromatic ring is 1. The molecule has 2 atom stereocenters. The molecule has 8 nitrogen and oxygen atoms in total. The maximum atomic E-state index is 13.0. The van der Waals surface area contributed by atoms with Crippen molar-refractivity contribution in [2.75, 3.05) is 37.3 Å². The van der Waals surface area contributed by atoms with Gasteiger partial charge in [0, 0.05) is 32.0 Å². The van der Waals surface area contributed by atoms with Crippen LogP contribution in [0.5, 0.6) is 0 Å². The third-order valence-electron chi connectivity index (χ3n) is 5.90. The lowest BCUT2D eigenvalue weighted by Crippen LogP contribution is -2.61. The first-order valence-corrected chi connectivity index (χ1v) is 11.1. The first kappa shape index (κ1) is 22.8. The van der Waals surface area contributed by atoms with Gasteiger partial charge in [0.15, 0.2) is 0 Å². The molecule has 0 unspecified atom stereocenters. The molecule has 1 amide bonds. The number of rotatable bonds is 6. The second kappa shape index (κ2) is 10.0. The summed E-state index contributed by atoms with van der Waals surface area (Å²) in [7, 11) is 0. The molecule has 0 saturated carbocycles. The number of aliphatic hydroxyl groups is 1. The Morgan fingerprint density at radius 2 is 2.21 bits per heavy atom. The summed E-state index contributed by atoms with van der Waals surface area (Å²) in [5, 5.41) is 23.5. The van der Waals surface area contributed by atoms with E-state index in [2.05, 4.69) is 27.3 Å². The quantitative estimate of drug-likeness (QED) is 0.601. The largest absolute Gasteiger partial charge is 0.397 e. The molecule has 0 spiro atoms. The zero-order chi connectivity index (χ0) is 23.4. The summed E-state index contributed by atoms with van der Waals surface area (Å²) in [5.74, 6) is -0.163. The molecule has 1 saturated heterocycles. The maximum absolute atomic E-state index is 13.0. The lowest BCUT2D eigenvalue weighted by atomic mass is 10.0. The highest BCUT2D eigenvalue weighted by Crippen LogP contribution is 2.30. The summed E-state index contributed by atoms with van der Waals surface area (Å²) < 4.78 is 0. The second-order valence-corrected chi connectivity index (χ2v) is 8.47. The van der Waals surface area contributed by atoms with Crippen molar-refractivity contribution >= 4 is 28.9 Å². The van der Waals surface area contributed by atoms with E-state index in [1.807, 2.05) is 12.2 Å². The van der Waals surface area contributed by atoms with Gasteiger partial charge < -0.3 is 21.1 Å². The number of hydrogen-bond donors (Lipinski definition) is 3. The molecule has 33 heavy (non-hydrogen) atoms. The third kappa shape index (κ3) is 5.01. The molecular weight excluding hydrogens is 440 g/mol. The van der Waals surface area contributed by atoms with Gasteiger partial charge in [-0.1, -0.05) is 29.8 Å². The standard InChI is InChI=1S/C24H25ClN6O2/c25-21-6-5-16(11-26)9-22(21)29-23(17-3-1-2-4-17)31-8-7-30(14-20(31)15-32)24(33)18-10-19(27)13-28-12-18/h1-3,5-6,9-10,12-13,20,23,29,32H,4,7-8,14-15,27H2/t20-,23+/m0/s1. The molecule has 2 aliphatic rings. The normalized spacial score (nSPS) is 19.1. The van der Waals surface area contributed by atoms with Gasteiger partial charge >= 0.3 is 0 Å². The highest BCUT2D eigenvalue weighted by atomic mass is 35.5. The number of pyridine rings is 1. The lowest BCUT2D eigenvalue weighted by Gasteiger charge is -2.45. The van der Waals surface area contributed by atoms with Gasteiger partial charge in [-0.05, 0) is 36.3 Å². The highest BCUT2D eigenvalue weighted by Gasteiger charge is 2.35. The van der Waals surface area contributed by atoms with Crippen molar-refractivity contribution in [2.45, 2.75) is 18.6 Å². The number of halogens is 1. The van der Waals surface area contributed by atoms with Gasteiger partial charge in [0.2, 0.25) is 0 Å². The molecule has 9 heteroatoms. The monoisotopic (exact) mass is 464 g/mol. The smallest absolute Gasteiger partial charge is 0.255 e. The summed E-state index contributed by atoms with van der Waals surface area (Å²) >= 11 is 6.41. The Kier molecular flexibility index (Phi) is 6.94. The zero-order valence-electron chi connectivity index (χ0n) is 18.0. The van der Waals surface area contributed by atoms with Crippen LogP contribution in [0.3, 0.4) is 0 Å². The van der Waals surface area contributed by atoms with E-state index in [-0.39, 0.29) is 24.7 Å². The average molecular weight is 465 g/mol. The Balaban J connectivity index is 1.57. The summed E-state index contributed by atoms with van der Waals surface area (Å²) in [6, 6.07) is 8.54. The fourth-order valence-electron chi connectivity index (χ4n) is 4.22. The van der Waals surface area contributed by atoms with Gasteiger partial charge in [-0.2, -0.15) is 5.26 Å². The fraction of sp³-hybridized carbons (Fsp3) is 0.292. The van der Waals surface area contributed by atoms with Crippen LogP contribution in [-0.2, 0) is 0 Å². The molecule has 0 bridgehead atoms. The number of hydrogen-bond acceptors (Lipinski definition) is 7. The van der Waals surface area contributed by atoms with E-state index in [0.717, 1.165) is 12.0 Å². The molecule has 4 rings (SSSR count). The van der Waals surface area contributed by atoms with E-state index in [1.54, 1.807) is 29.2 Å². The van der Waals surface area contributed by atoms with Gasteiger partial charge in [0.25, 0.3) is 5.91 Å². The van der Waals surface area contributed by atoms with Crippen LogP contribution < -0.4 is 11.1 Å². The number of nitrogens with one attached hydrogen (secondary N) is 1. The van der Waals surface area contributed by atoms with Crippen LogP contribution in [0.15, 0.2) is 60.5 Å². The van der Waals surface area contributed by atoms with Crippen LogP contribution in [0, 0.1) is 11.3 Å². The molecule has 2 heterocycles. The zero-order valence-corrected chi connectivity index (χ0v) is 18.7. The van der Waals surface area contributed by atoms with Crippen LogP contribution >= 0.6 is 11.6 Å². The van der Waals surface area contributed by atoms with Crippen LogP contribution in [0.25, 0.3) is 0 Å². The lowest BCUT2D eigenvalue weighted by molar-refractivity contribution is 0.0236. The molecule has 4 N–H and O–H groups in total. The number of nitrogens with zero attached hydrogens (tertiary/aromatic N) is 4. The van der Waals surface area contributed by atoms with Crippen LogP contribution in [0.2, 0.25) is 5.02 Å². The Morgan fingerprint density at radius 3 is 2.91 bits per heavy atom. The predicted octanol–water partition coefficient (Wildman–Crippen LogP) is 2.63. The van der Waals surface area contributed by atoms with Crippen molar-refractivity contribution in [3.8, 4) is 6.07 Å². The number of nitriles is 1. The van der Waals surface area contributed by atoms with Gasteiger partial charge in [-0.15, -0.1) is 0 Å². The maximum Gasteiger partial charge on any atom is 0.255 e. The molecule has 1 aliphatic carbocycles. The van der Waals surface area contributed by atoms with Crippen molar-refractivity contribution < 1.29 is 9.90 Å². The van der Waals surface area contributed by atoms with Crippen molar-refractivity contribution in [1.82, 2.24) is 14.8 Å². The number of anilines is 2. The minimum Gasteiger partial charge on any atom is -0.397 e. The summed E-state index contributed by atoms with van der Waals surface area (Å²) in [6.45, 7) is 1.26. The molecule has 0 radical (unpaired) electrons. The van der Waals surface area contributed by atoms with Crippen LogP contribution in [0.4, 0.5) is 11.4 Å². The number of piperazine rings is 1. The molecule has 1 aromatic carbocycles. The van der Waals surface area contributed by atoms with Crippen molar-refractivity contribution in [2.24, 2.45) is 0 Å². The number of amides is 1. The van der Waals surface area contributed by atoms with Gasteiger partial charge in [-0.25, -0.2) is 0 Å². The SMILES string of the molecule is N#Cc1ccc(Cl)c(N[C@@H](C2=CC=CC2)N2CCN(C(=O)c3cncc(N)c3)C[C@H]2CO)c1. The highest BCUT2D eigenvalue weighted by molar-refractivity contribution is 6.33. The van der Waals surface area contributed by atoms with E-state index >= 15 is 0 Å². The second-order valence-electron chi connectivity index (χ2n) is 8.06.